The molecule has 1 aromatic carbocycles. The molecule has 3 heteroatoms. The normalized spacial score (nSPS) is 13.1. The smallest absolute Gasteiger partial charge is 0.128 e. The Kier molecular flexibility index (Phi) is 5.59. The first-order valence-corrected chi connectivity index (χ1v) is 6.33. The minimum absolute atomic E-state index is 0.144. The number of benzene rings is 1. The van der Waals surface area contributed by atoms with Gasteiger partial charge in [-0.1, -0.05) is 26.0 Å². The predicted molar refractivity (Wildman–Crippen MR) is 70.1 cm³/mol. The summed E-state index contributed by atoms with van der Waals surface area (Å²) in [5, 5.41) is 0. The van der Waals surface area contributed by atoms with Crippen molar-refractivity contribution in [2.24, 2.45) is 5.73 Å². The van der Waals surface area contributed by atoms with E-state index in [1.54, 1.807) is 6.07 Å². The first-order valence-electron chi connectivity index (χ1n) is 6.33. The highest BCUT2D eigenvalue weighted by molar-refractivity contribution is 5.24. The molecule has 0 spiro atoms. The van der Waals surface area contributed by atoms with Gasteiger partial charge in [-0.3, -0.25) is 4.90 Å². The Balaban J connectivity index is 2.79. The molecule has 17 heavy (non-hydrogen) atoms. The zero-order valence-electron chi connectivity index (χ0n) is 11.0. The second-order valence-corrected chi connectivity index (χ2v) is 4.45. The average Bonchev–Trinajstić information content (AvgIpc) is 2.36. The summed E-state index contributed by atoms with van der Waals surface area (Å²) in [6, 6.07) is 5.78. The molecule has 2 nitrogen and oxygen atoms in total. The van der Waals surface area contributed by atoms with Crippen molar-refractivity contribution in [3.8, 4) is 0 Å². The van der Waals surface area contributed by atoms with Crippen LogP contribution < -0.4 is 5.73 Å². The van der Waals surface area contributed by atoms with Gasteiger partial charge in [0.15, 0.2) is 0 Å². The third-order valence-electron chi connectivity index (χ3n) is 3.35. The van der Waals surface area contributed by atoms with E-state index in [2.05, 4.69) is 25.7 Å². The molecule has 0 aromatic heterocycles. The molecule has 0 aliphatic carbocycles. The maximum atomic E-state index is 13.8. The van der Waals surface area contributed by atoms with Crippen LogP contribution in [0.2, 0.25) is 0 Å². The highest BCUT2D eigenvalue weighted by Crippen LogP contribution is 2.15. The Bertz CT molecular complexity index is 352. The molecule has 0 saturated carbocycles. The molecule has 0 fully saturated rings. The molecule has 0 amide bonds. The zero-order chi connectivity index (χ0) is 12.8. The molecule has 0 heterocycles. The third-order valence-corrected chi connectivity index (χ3v) is 3.35. The molecule has 1 aromatic rings. The summed E-state index contributed by atoms with van der Waals surface area (Å²) in [5.41, 5.74) is 7.09. The maximum absolute atomic E-state index is 13.8. The monoisotopic (exact) mass is 238 g/mol. The first kappa shape index (κ1) is 14.1. The van der Waals surface area contributed by atoms with E-state index < -0.39 is 0 Å². The summed E-state index contributed by atoms with van der Waals surface area (Å²) >= 11 is 0. The van der Waals surface area contributed by atoms with Crippen molar-refractivity contribution >= 4 is 0 Å². The Hall–Kier alpha value is -0.930. The first-order chi connectivity index (χ1) is 8.12. The summed E-state index contributed by atoms with van der Waals surface area (Å²) in [6.07, 6.45) is 1.08. The van der Waals surface area contributed by atoms with Crippen LogP contribution in [0.1, 0.15) is 38.3 Å². The van der Waals surface area contributed by atoms with Crippen LogP contribution in [0.3, 0.4) is 0 Å². The molecule has 1 atom stereocenters. The van der Waals surface area contributed by atoms with Crippen LogP contribution in [-0.2, 0) is 13.1 Å². The van der Waals surface area contributed by atoms with E-state index in [0.717, 1.165) is 24.1 Å². The lowest BCUT2D eigenvalue weighted by Crippen LogP contribution is -2.32. The van der Waals surface area contributed by atoms with Gasteiger partial charge in [-0.25, -0.2) is 4.39 Å². The number of hydrogen-bond acceptors (Lipinski definition) is 2. The summed E-state index contributed by atoms with van der Waals surface area (Å²) in [4.78, 5) is 2.28. The molecule has 1 rings (SSSR count). The fraction of sp³-hybridized carbons (Fsp3) is 0.571. The van der Waals surface area contributed by atoms with Crippen LogP contribution in [0.25, 0.3) is 0 Å². The lowest BCUT2D eigenvalue weighted by molar-refractivity contribution is 0.203. The highest BCUT2D eigenvalue weighted by Gasteiger charge is 2.12. The maximum Gasteiger partial charge on any atom is 0.128 e. The Morgan fingerprint density at radius 2 is 2.06 bits per heavy atom. The summed E-state index contributed by atoms with van der Waals surface area (Å²) in [7, 11) is 0. The van der Waals surface area contributed by atoms with Gasteiger partial charge < -0.3 is 5.73 Å². The van der Waals surface area contributed by atoms with Crippen molar-refractivity contribution in [1.82, 2.24) is 4.90 Å². The molecule has 0 saturated heterocycles. The number of nitrogens with two attached hydrogens (primary N) is 1. The zero-order valence-corrected chi connectivity index (χ0v) is 11.0. The summed E-state index contributed by atoms with van der Waals surface area (Å²) in [5.74, 6) is -0.144. The fourth-order valence-corrected chi connectivity index (χ4v) is 1.90. The lowest BCUT2D eigenvalue weighted by Gasteiger charge is -2.27. The third kappa shape index (κ3) is 3.79. The van der Waals surface area contributed by atoms with Crippen LogP contribution in [0.4, 0.5) is 4.39 Å². The van der Waals surface area contributed by atoms with E-state index in [4.69, 9.17) is 5.73 Å². The van der Waals surface area contributed by atoms with Gasteiger partial charge in [0.2, 0.25) is 0 Å². The lowest BCUT2D eigenvalue weighted by atomic mass is 10.1. The van der Waals surface area contributed by atoms with Gasteiger partial charge in [-0.15, -0.1) is 0 Å². The van der Waals surface area contributed by atoms with Crippen molar-refractivity contribution < 1.29 is 4.39 Å². The van der Waals surface area contributed by atoms with Gasteiger partial charge in [-0.2, -0.15) is 0 Å². The van der Waals surface area contributed by atoms with Crippen LogP contribution in [0, 0.1) is 5.82 Å². The van der Waals surface area contributed by atoms with Gasteiger partial charge in [0.1, 0.15) is 5.82 Å². The molecule has 1 unspecified atom stereocenters. The van der Waals surface area contributed by atoms with Crippen LogP contribution in [-0.4, -0.2) is 17.5 Å². The molecular weight excluding hydrogens is 215 g/mol. The Labute approximate surface area is 104 Å². The summed E-state index contributed by atoms with van der Waals surface area (Å²) in [6.45, 7) is 8.44. The van der Waals surface area contributed by atoms with E-state index in [0.29, 0.717) is 19.1 Å². The number of halogens is 1. The minimum atomic E-state index is -0.144. The SMILES string of the molecule is CCC(C)N(CC)Cc1ccc(CN)cc1F. The van der Waals surface area contributed by atoms with Crippen LogP contribution >= 0.6 is 0 Å². The quantitative estimate of drug-likeness (QED) is 0.825. The van der Waals surface area contributed by atoms with Gasteiger partial charge in [0.05, 0.1) is 0 Å². The minimum Gasteiger partial charge on any atom is -0.326 e. The van der Waals surface area contributed by atoms with Gasteiger partial charge in [0.25, 0.3) is 0 Å². The van der Waals surface area contributed by atoms with Crippen molar-refractivity contribution in [2.45, 2.75) is 46.3 Å². The molecule has 0 bridgehead atoms. The number of rotatable bonds is 6. The molecule has 0 aliphatic rings. The molecule has 2 N–H and O–H groups in total. The second-order valence-electron chi connectivity index (χ2n) is 4.45. The topological polar surface area (TPSA) is 29.3 Å². The van der Waals surface area contributed by atoms with Crippen molar-refractivity contribution in [2.75, 3.05) is 6.54 Å². The van der Waals surface area contributed by atoms with Crippen molar-refractivity contribution in [1.29, 1.82) is 0 Å². The standard InChI is InChI=1S/C14H23FN2/c1-4-11(3)17(5-2)10-13-7-6-12(9-16)8-14(13)15/h6-8,11H,4-5,9-10,16H2,1-3H3. The van der Waals surface area contributed by atoms with E-state index >= 15 is 0 Å². The molecule has 0 aliphatic heterocycles. The van der Waals surface area contributed by atoms with E-state index in [-0.39, 0.29) is 5.82 Å². The van der Waals surface area contributed by atoms with Gasteiger partial charge >= 0.3 is 0 Å². The molecule has 0 radical (unpaired) electrons. The van der Waals surface area contributed by atoms with Gasteiger partial charge in [-0.05, 0) is 31.5 Å². The number of nitrogens with zero attached hydrogens (tertiary/aromatic N) is 1. The Morgan fingerprint density at radius 1 is 1.35 bits per heavy atom. The van der Waals surface area contributed by atoms with Crippen LogP contribution in [0.5, 0.6) is 0 Å². The second kappa shape index (κ2) is 6.72. The van der Waals surface area contributed by atoms with E-state index in [9.17, 15) is 4.39 Å². The fourth-order valence-electron chi connectivity index (χ4n) is 1.90. The summed E-state index contributed by atoms with van der Waals surface area (Å²) < 4.78 is 13.8. The van der Waals surface area contributed by atoms with Gasteiger partial charge in [0, 0.05) is 24.7 Å². The number of hydrogen-bond donors (Lipinski definition) is 1. The van der Waals surface area contributed by atoms with E-state index in [1.807, 2.05) is 12.1 Å². The highest BCUT2D eigenvalue weighted by atomic mass is 19.1. The molecule has 96 valence electrons. The predicted octanol–water partition coefficient (Wildman–Crippen LogP) is 2.90. The molecular formula is C14H23FN2. The van der Waals surface area contributed by atoms with Crippen LogP contribution in [0.15, 0.2) is 18.2 Å². The average molecular weight is 238 g/mol. The van der Waals surface area contributed by atoms with Crippen molar-refractivity contribution in [3.63, 3.8) is 0 Å². The van der Waals surface area contributed by atoms with E-state index in [1.165, 1.54) is 0 Å². The largest absolute Gasteiger partial charge is 0.326 e. The van der Waals surface area contributed by atoms with Crippen molar-refractivity contribution in [3.05, 3.63) is 35.1 Å². The Morgan fingerprint density at radius 3 is 2.53 bits per heavy atom.